The molecule has 0 saturated carbocycles. The average Bonchev–Trinajstić information content (AvgIpc) is 3.26. The lowest BCUT2D eigenvalue weighted by Crippen LogP contribution is -2.41. The molecule has 0 bridgehead atoms. The zero-order valence-corrected chi connectivity index (χ0v) is 21.4. The molecular weight excluding hydrogens is 522 g/mol. The number of aryl methyl sites for hydroxylation is 1. The second-order valence-electron chi connectivity index (χ2n) is 8.59. The minimum Gasteiger partial charge on any atom is -0.487 e. The number of hydrogen-bond donors (Lipinski definition) is 2. The molecule has 0 saturated heterocycles. The molecule has 0 spiro atoms. The van der Waals surface area contributed by atoms with E-state index in [1.807, 2.05) is 0 Å². The summed E-state index contributed by atoms with van der Waals surface area (Å²) >= 11 is 6.33. The predicted molar refractivity (Wildman–Crippen MR) is 138 cm³/mol. The lowest BCUT2D eigenvalue weighted by atomic mass is 10.2. The monoisotopic (exact) mass is 546 g/mol. The molecule has 4 rings (SSSR count). The summed E-state index contributed by atoms with van der Waals surface area (Å²) in [5, 5.41) is 11.7. The first-order valence-corrected chi connectivity index (χ1v) is 12.0. The van der Waals surface area contributed by atoms with E-state index >= 15 is 0 Å². The van der Waals surface area contributed by atoms with Gasteiger partial charge in [-0.25, -0.2) is 8.78 Å². The number of hydrogen-bond acceptors (Lipinski definition) is 6. The number of pyridine rings is 1. The van der Waals surface area contributed by atoms with Gasteiger partial charge in [-0.1, -0.05) is 11.6 Å². The predicted octanol–water partition coefficient (Wildman–Crippen LogP) is 2.90. The van der Waals surface area contributed by atoms with Crippen LogP contribution in [0.1, 0.15) is 17.7 Å². The Hall–Kier alpha value is -3.80. The maximum atomic E-state index is 14.0. The summed E-state index contributed by atoms with van der Waals surface area (Å²) in [6, 6.07) is 9.43. The van der Waals surface area contributed by atoms with Crippen LogP contribution in [0.4, 0.5) is 20.2 Å². The molecule has 1 aliphatic heterocycles. The fourth-order valence-corrected chi connectivity index (χ4v) is 4.39. The topological polar surface area (TPSA) is 104 Å². The first-order valence-electron chi connectivity index (χ1n) is 11.7. The smallest absolute Gasteiger partial charge is 0.277 e. The Labute approximate surface area is 221 Å². The fraction of sp³-hybridized carbons (Fsp3) is 0.269. The Morgan fingerprint density at radius 1 is 1.08 bits per heavy atom. The normalized spacial score (nSPS) is 12.6. The van der Waals surface area contributed by atoms with Crippen LogP contribution >= 0.6 is 11.6 Å². The van der Waals surface area contributed by atoms with Crippen LogP contribution in [0.2, 0.25) is 5.02 Å². The minimum absolute atomic E-state index is 0.0250. The number of amides is 2. The number of ether oxygens (including phenoxy) is 1. The largest absolute Gasteiger partial charge is 0.487 e. The molecule has 9 nitrogen and oxygen atoms in total. The lowest BCUT2D eigenvalue weighted by molar-refractivity contribution is -0.119. The minimum atomic E-state index is -0.784. The number of halogens is 3. The summed E-state index contributed by atoms with van der Waals surface area (Å²) in [6.07, 6.45) is -0.104. The van der Waals surface area contributed by atoms with E-state index in [2.05, 4.69) is 5.32 Å². The fourth-order valence-electron chi connectivity index (χ4n) is 4.19. The van der Waals surface area contributed by atoms with E-state index in [9.17, 15) is 28.3 Å². The van der Waals surface area contributed by atoms with Gasteiger partial charge in [0.25, 0.3) is 5.56 Å². The van der Waals surface area contributed by atoms with Crippen LogP contribution in [0.15, 0.2) is 47.3 Å². The number of fused-ring (bicyclic) bond motifs is 1. The SMILES string of the molecule is CNCC(=O)N1CN(C(=O)CCO)c2ccc(-n3c(C)cc(OCc4ccc(F)cc4F)c(Cl)c3=O)cc21. The van der Waals surface area contributed by atoms with E-state index in [0.717, 1.165) is 12.1 Å². The number of anilines is 2. The number of nitrogens with zero attached hydrogens (tertiary/aromatic N) is 3. The number of carbonyl (C=O) groups is 2. The van der Waals surface area contributed by atoms with Crippen molar-refractivity contribution in [2.24, 2.45) is 0 Å². The molecule has 0 aliphatic carbocycles. The number of carbonyl (C=O) groups excluding carboxylic acids is 2. The Balaban J connectivity index is 1.70. The van der Waals surface area contributed by atoms with Crippen LogP contribution in [0.5, 0.6) is 5.75 Å². The highest BCUT2D eigenvalue weighted by molar-refractivity contribution is 6.31. The first-order chi connectivity index (χ1) is 18.2. The average molecular weight is 547 g/mol. The maximum Gasteiger partial charge on any atom is 0.277 e. The third-order valence-corrected chi connectivity index (χ3v) is 6.38. The number of aliphatic hydroxyl groups is 1. The van der Waals surface area contributed by atoms with Crippen molar-refractivity contribution < 1.29 is 28.2 Å². The van der Waals surface area contributed by atoms with Crippen molar-refractivity contribution in [1.82, 2.24) is 9.88 Å². The van der Waals surface area contributed by atoms with E-state index in [1.165, 1.54) is 26.5 Å². The number of benzene rings is 2. The van der Waals surface area contributed by atoms with E-state index in [0.29, 0.717) is 22.8 Å². The van der Waals surface area contributed by atoms with E-state index in [-0.39, 0.29) is 61.0 Å². The Morgan fingerprint density at radius 3 is 2.50 bits per heavy atom. The van der Waals surface area contributed by atoms with Crippen molar-refractivity contribution in [2.75, 3.05) is 36.7 Å². The van der Waals surface area contributed by atoms with Crippen molar-refractivity contribution in [2.45, 2.75) is 20.0 Å². The lowest BCUT2D eigenvalue weighted by Gasteiger charge is -2.19. The van der Waals surface area contributed by atoms with Crippen molar-refractivity contribution in [3.05, 3.63) is 80.7 Å². The maximum absolute atomic E-state index is 14.0. The first kappa shape index (κ1) is 27.2. The van der Waals surface area contributed by atoms with Gasteiger partial charge in [0.15, 0.2) is 0 Å². The number of rotatable bonds is 8. The van der Waals surface area contributed by atoms with Crippen molar-refractivity contribution in [1.29, 1.82) is 0 Å². The van der Waals surface area contributed by atoms with Gasteiger partial charge in [0, 0.05) is 23.4 Å². The van der Waals surface area contributed by atoms with E-state index < -0.39 is 17.2 Å². The van der Waals surface area contributed by atoms with Crippen LogP contribution in [0.3, 0.4) is 0 Å². The molecule has 3 aromatic rings. The molecule has 2 amide bonds. The molecule has 12 heteroatoms. The third kappa shape index (κ3) is 5.26. The van der Waals surface area contributed by atoms with Crippen LogP contribution in [0.25, 0.3) is 5.69 Å². The standard InChI is InChI=1S/C26H25ClF2N4O5/c1-15-9-22(38-13-16-3-4-17(28)10-19(16)29)25(27)26(37)33(15)18-5-6-20-21(11-18)32(24(36)12-30-2)14-31(20)23(35)7-8-34/h3-6,9-11,30,34H,7-8,12-14H2,1-2H3. The Kier molecular flexibility index (Phi) is 8.10. The molecule has 2 aromatic carbocycles. The molecule has 200 valence electrons. The number of nitrogens with one attached hydrogen (secondary N) is 1. The zero-order valence-electron chi connectivity index (χ0n) is 20.6. The van der Waals surface area contributed by atoms with Crippen molar-refractivity contribution in [3.8, 4) is 11.4 Å². The van der Waals surface area contributed by atoms with Gasteiger partial charge in [-0.15, -0.1) is 0 Å². The van der Waals surface area contributed by atoms with Gasteiger partial charge in [-0.3, -0.25) is 28.8 Å². The molecule has 2 N–H and O–H groups in total. The van der Waals surface area contributed by atoms with Gasteiger partial charge in [-0.2, -0.15) is 0 Å². The van der Waals surface area contributed by atoms with Gasteiger partial charge >= 0.3 is 0 Å². The molecule has 1 aromatic heterocycles. The highest BCUT2D eigenvalue weighted by Gasteiger charge is 2.33. The summed E-state index contributed by atoms with van der Waals surface area (Å²) in [7, 11) is 1.62. The van der Waals surface area contributed by atoms with Crippen LogP contribution in [-0.2, 0) is 16.2 Å². The second-order valence-corrected chi connectivity index (χ2v) is 8.97. The molecule has 1 aliphatic rings. The molecular formula is C26H25ClF2N4O5. The summed E-state index contributed by atoms with van der Waals surface area (Å²) in [5.74, 6) is -2.11. The summed E-state index contributed by atoms with van der Waals surface area (Å²) < 4.78 is 34.1. The number of aromatic nitrogens is 1. The number of likely N-dealkylation sites (N-methyl/N-ethyl adjacent to an activating group) is 1. The van der Waals surface area contributed by atoms with Crippen LogP contribution < -0.4 is 25.4 Å². The molecule has 0 fully saturated rings. The van der Waals surface area contributed by atoms with Gasteiger partial charge < -0.3 is 15.2 Å². The Morgan fingerprint density at radius 2 is 1.82 bits per heavy atom. The van der Waals surface area contributed by atoms with Gasteiger partial charge in [0.05, 0.1) is 36.6 Å². The molecule has 38 heavy (non-hydrogen) atoms. The Bertz CT molecular complexity index is 1460. The number of aliphatic hydroxyl groups excluding tert-OH is 1. The highest BCUT2D eigenvalue weighted by Crippen LogP contribution is 2.38. The molecule has 0 radical (unpaired) electrons. The van der Waals surface area contributed by atoms with E-state index in [1.54, 1.807) is 32.2 Å². The molecule has 2 heterocycles. The van der Waals surface area contributed by atoms with Gasteiger partial charge in [-0.05, 0) is 44.3 Å². The van der Waals surface area contributed by atoms with Crippen LogP contribution in [0, 0.1) is 18.6 Å². The molecule has 0 atom stereocenters. The van der Waals surface area contributed by atoms with Gasteiger partial charge in [0.1, 0.15) is 35.7 Å². The zero-order chi connectivity index (χ0) is 27.6. The second kappa shape index (κ2) is 11.3. The molecule has 0 unspecified atom stereocenters. The summed E-state index contributed by atoms with van der Waals surface area (Å²) in [4.78, 5) is 41.4. The van der Waals surface area contributed by atoms with Crippen molar-refractivity contribution >= 4 is 34.8 Å². The third-order valence-electron chi connectivity index (χ3n) is 6.04. The van der Waals surface area contributed by atoms with Crippen LogP contribution in [-0.4, -0.2) is 48.4 Å². The van der Waals surface area contributed by atoms with E-state index in [4.69, 9.17) is 16.3 Å². The summed E-state index contributed by atoms with van der Waals surface area (Å²) in [5.41, 5.74) is 1.20. The quantitative estimate of drug-likeness (QED) is 0.450. The highest BCUT2D eigenvalue weighted by atomic mass is 35.5. The summed E-state index contributed by atoms with van der Waals surface area (Å²) in [6.45, 7) is 1.05. The van der Waals surface area contributed by atoms with Gasteiger partial charge in [0.2, 0.25) is 11.8 Å². The van der Waals surface area contributed by atoms with Crippen molar-refractivity contribution in [3.63, 3.8) is 0 Å².